The van der Waals surface area contributed by atoms with E-state index in [0.29, 0.717) is 30.5 Å². The zero-order valence-electron chi connectivity index (χ0n) is 17.0. The maximum Gasteiger partial charge on any atom is 0.189 e. The summed E-state index contributed by atoms with van der Waals surface area (Å²) in [5.74, 6) is 2.53. The molecule has 0 saturated heterocycles. The number of nitrogens with zero attached hydrogens (tertiary/aromatic N) is 2. The maximum absolute atomic E-state index is 5.99. The molecule has 0 bridgehead atoms. The van der Waals surface area contributed by atoms with Gasteiger partial charge in [-0.2, -0.15) is 0 Å². The van der Waals surface area contributed by atoms with Crippen molar-refractivity contribution < 1.29 is 14.2 Å². The summed E-state index contributed by atoms with van der Waals surface area (Å²) in [4.78, 5) is 9.02. The largest absolute Gasteiger partial charge is 0.497 e. The van der Waals surface area contributed by atoms with Crippen LogP contribution in [0, 0.1) is 0 Å². The van der Waals surface area contributed by atoms with Gasteiger partial charge in [-0.05, 0) is 42.0 Å². The van der Waals surface area contributed by atoms with Gasteiger partial charge < -0.3 is 25.3 Å². The van der Waals surface area contributed by atoms with Crippen molar-refractivity contribution in [1.82, 2.24) is 10.3 Å². The Morgan fingerprint density at radius 2 is 1.77 bits per heavy atom. The molecule has 3 N–H and O–H groups in total. The van der Waals surface area contributed by atoms with E-state index in [9.17, 15) is 0 Å². The van der Waals surface area contributed by atoms with Crippen LogP contribution in [0.3, 0.4) is 0 Å². The van der Waals surface area contributed by atoms with Crippen molar-refractivity contribution in [1.29, 1.82) is 0 Å². The van der Waals surface area contributed by atoms with Crippen molar-refractivity contribution in [2.45, 2.75) is 13.1 Å². The summed E-state index contributed by atoms with van der Waals surface area (Å²) in [7, 11) is 4.87. The van der Waals surface area contributed by atoms with Crippen molar-refractivity contribution >= 4 is 41.3 Å². The van der Waals surface area contributed by atoms with E-state index >= 15 is 0 Å². The van der Waals surface area contributed by atoms with Crippen LogP contribution < -0.4 is 25.3 Å². The van der Waals surface area contributed by atoms with E-state index in [1.807, 2.05) is 47.8 Å². The predicted octanol–water partition coefficient (Wildman–Crippen LogP) is 4.06. The molecule has 0 aliphatic carbocycles. The van der Waals surface area contributed by atoms with E-state index in [2.05, 4.69) is 15.3 Å². The third-order valence-electron chi connectivity index (χ3n) is 4.22. The normalized spacial score (nSPS) is 10.8. The Hall–Kier alpha value is -2.53. The molecule has 0 spiro atoms. The van der Waals surface area contributed by atoms with Gasteiger partial charge in [-0.15, -0.1) is 35.3 Å². The SMILES string of the molecule is COc1ccc(-c2nc(CNC(N)=NCc3ccc(OC)c(OC)c3)cs2)cc1.I. The number of ether oxygens (including phenoxy) is 3. The van der Waals surface area contributed by atoms with Crippen LogP contribution in [0.1, 0.15) is 11.3 Å². The second-order valence-corrected chi connectivity index (χ2v) is 6.97. The standard InChI is InChI=1S/C21H24N4O3S.HI/c1-26-17-7-5-15(6-8-17)20-25-16(13-29-20)12-24-21(22)23-11-14-4-9-18(27-2)19(10-14)28-3;/h4-10,13H,11-12H2,1-3H3,(H3,22,23,24);1H. The number of methoxy groups -OCH3 is 3. The number of aromatic nitrogens is 1. The molecule has 1 heterocycles. The fourth-order valence-corrected chi connectivity index (χ4v) is 3.47. The lowest BCUT2D eigenvalue weighted by Gasteiger charge is -2.09. The lowest BCUT2D eigenvalue weighted by atomic mass is 10.2. The van der Waals surface area contributed by atoms with Gasteiger partial charge in [-0.1, -0.05) is 6.07 Å². The van der Waals surface area contributed by atoms with E-state index in [4.69, 9.17) is 19.9 Å². The fourth-order valence-electron chi connectivity index (χ4n) is 2.65. The average molecular weight is 540 g/mol. The number of thiazole rings is 1. The van der Waals surface area contributed by atoms with E-state index in [0.717, 1.165) is 27.6 Å². The molecule has 1 aromatic heterocycles. The first-order valence-corrected chi connectivity index (χ1v) is 9.84. The number of aliphatic imine (C=N–C) groups is 1. The van der Waals surface area contributed by atoms with Crippen molar-refractivity contribution in [3.8, 4) is 27.8 Å². The van der Waals surface area contributed by atoms with Crippen molar-refractivity contribution in [3.05, 3.63) is 59.1 Å². The molecule has 160 valence electrons. The van der Waals surface area contributed by atoms with E-state index < -0.39 is 0 Å². The van der Waals surface area contributed by atoms with Crippen molar-refractivity contribution in [2.75, 3.05) is 21.3 Å². The summed E-state index contributed by atoms with van der Waals surface area (Å²) in [6.07, 6.45) is 0. The third kappa shape index (κ3) is 6.23. The number of halogens is 1. The Balaban J connectivity index is 0.00000320. The summed E-state index contributed by atoms with van der Waals surface area (Å²) < 4.78 is 15.7. The van der Waals surface area contributed by atoms with Gasteiger partial charge in [0.2, 0.25) is 0 Å². The van der Waals surface area contributed by atoms with Gasteiger partial charge in [-0.25, -0.2) is 9.98 Å². The Morgan fingerprint density at radius 1 is 1.03 bits per heavy atom. The molecule has 0 atom stereocenters. The predicted molar refractivity (Wildman–Crippen MR) is 131 cm³/mol. The van der Waals surface area contributed by atoms with Crippen LogP contribution in [0.2, 0.25) is 0 Å². The molecule has 0 aliphatic rings. The van der Waals surface area contributed by atoms with Gasteiger partial charge in [0.25, 0.3) is 0 Å². The second-order valence-electron chi connectivity index (χ2n) is 6.12. The molecule has 0 unspecified atom stereocenters. The highest BCUT2D eigenvalue weighted by molar-refractivity contribution is 14.0. The van der Waals surface area contributed by atoms with Gasteiger partial charge in [0.05, 0.1) is 40.1 Å². The summed E-state index contributed by atoms with van der Waals surface area (Å²) in [6.45, 7) is 0.946. The molecule has 0 saturated carbocycles. The van der Waals surface area contributed by atoms with Crippen LogP contribution in [0.15, 0.2) is 52.8 Å². The maximum atomic E-state index is 5.99. The Bertz CT molecular complexity index is 977. The van der Waals surface area contributed by atoms with E-state index in [1.165, 1.54) is 0 Å². The van der Waals surface area contributed by atoms with Crippen LogP contribution in [0.25, 0.3) is 10.6 Å². The summed E-state index contributed by atoms with van der Waals surface area (Å²) in [5.41, 5.74) is 8.93. The summed E-state index contributed by atoms with van der Waals surface area (Å²) >= 11 is 1.59. The van der Waals surface area contributed by atoms with E-state index in [-0.39, 0.29) is 24.0 Å². The zero-order valence-corrected chi connectivity index (χ0v) is 20.2. The number of benzene rings is 2. The molecule has 9 heteroatoms. The number of nitrogens with one attached hydrogen (secondary N) is 1. The minimum Gasteiger partial charge on any atom is -0.497 e. The molecular formula is C21H25IN4O3S. The first kappa shape index (κ1) is 23.7. The number of rotatable bonds is 8. The third-order valence-corrected chi connectivity index (χ3v) is 5.16. The fraction of sp³-hybridized carbons (Fsp3) is 0.238. The second kappa shape index (κ2) is 11.6. The lowest BCUT2D eigenvalue weighted by molar-refractivity contribution is 0.354. The topological polar surface area (TPSA) is 91.0 Å². The lowest BCUT2D eigenvalue weighted by Crippen LogP contribution is -2.31. The minimum atomic E-state index is 0. The van der Waals surface area contributed by atoms with Gasteiger partial charge >= 0.3 is 0 Å². The quantitative estimate of drug-likeness (QED) is 0.255. The number of hydrogen-bond acceptors (Lipinski definition) is 6. The first-order chi connectivity index (χ1) is 14.1. The van der Waals surface area contributed by atoms with Gasteiger partial charge in [-0.3, -0.25) is 0 Å². The van der Waals surface area contributed by atoms with E-state index in [1.54, 1.807) is 32.7 Å². The van der Waals surface area contributed by atoms with Crippen molar-refractivity contribution in [3.63, 3.8) is 0 Å². The number of guanidine groups is 1. The van der Waals surface area contributed by atoms with Crippen LogP contribution in [0.4, 0.5) is 0 Å². The molecule has 2 aromatic carbocycles. The molecule has 3 aromatic rings. The molecule has 7 nitrogen and oxygen atoms in total. The van der Waals surface area contributed by atoms with Crippen molar-refractivity contribution in [2.24, 2.45) is 10.7 Å². The van der Waals surface area contributed by atoms with Crippen LogP contribution in [-0.4, -0.2) is 32.3 Å². The zero-order chi connectivity index (χ0) is 20.6. The Labute approximate surface area is 197 Å². The number of hydrogen-bond donors (Lipinski definition) is 2. The highest BCUT2D eigenvalue weighted by Gasteiger charge is 2.06. The molecule has 0 fully saturated rings. The summed E-state index contributed by atoms with van der Waals surface area (Å²) in [6, 6.07) is 13.5. The highest BCUT2D eigenvalue weighted by atomic mass is 127. The molecular weight excluding hydrogens is 515 g/mol. The Morgan fingerprint density at radius 3 is 2.43 bits per heavy atom. The molecule has 3 rings (SSSR count). The molecule has 0 amide bonds. The smallest absolute Gasteiger partial charge is 0.189 e. The molecule has 30 heavy (non-hydrogen) atoms. The molecule has 0 radical (unpaired) electrons. The summed E-state index contributed by atoms with van der Waals surface area (Å²) in [5, 5.41) is 6.06. The van der Waals surface area contributed by atoms with Gasteiger partial charge in [0.15, 0.2) is 17.5 Å². The van der Waals surface area contributed by atoms with Crippen LogP contribution >= 0.6 is 35.3 Å². The Kier molecular flexibility index (Phi) is 9.18. The highest BCUT2D eigenvalue weighted by Crippen LogP contribution is 2.28. The van der Waals surface area contributed by atoms with Crippen LogP contribution in [0.5, 0.6) is 17.2 Å². The minimum absolute atomic E-state index is 0. The molecule has 0 aliphatic heterocycles. The average Bonchev–Trinajstić information content (AvgIpc) is 3.25. The van der Waals surface area contributed by atoms with Gasteiger partial charge in [0, 0.05) is 10.9 Å². The first-order valence-electron chi connectivity index (χ1n) is 8.96. The van der Waals surface area contributed by atoms with Gasteiger partial charge in [0.1, 0.15) is 10.8 Å². The van der Waals surface area contributed by atoms with Crippen LogP contribution in [-0.2, 0) is 13.1 Å². The monoisotopic (exact) mass is 540 g/mol. The number of nitrogens with two attached hydrogens (primary N) is 1.